The minimum atomic E-state index is -0.0104. The Morgan fingerprint density at radius 1 is 1.32 bits per heavy atom. The minimum Gasteiger partial charge on any atom is -0.497 e. The number of aliphatic imine (C=N–C) groups is 1. The van der Waals surface area contributed by atoms with Crippen LogP contribution in [-0.2, 0) is 30.7 Å². The van der Waals surface area contributed by atoms with E-state index in [4.69, 9.17) is 4.74 Å². The minimum absolute atomic E-state index is 0. The fourth-order valence-electron chi connectivity index (χ4n) is 3.19. The SMILES string of the molecule is CCc1nc2n(n1)CC(NC(=NCc1ccc(OC)cc1)NCC(=O)N(C)C)CC2.I. The van der Waals surface area contributed by atoms with Crippen molar-refractivity contribution in [3.63, 3.8) is 0 Å². The lowest BCUT2D eigenvalue weighted by Crippen LogP contribution is -2.49. The molecule has 1 aliphatic rings. The van der Waals surface area contributed by atoms with Gasteiger partial charge < -0.3 is 20.3 Å². The quantitative estimate of drug-likeness (QED) is 0.314. The second-order valence-electron chi connectivity index (χ2n) is 7.51. The van der Waals surface area contributed by atoms with Gasteiger partial charge in [-0.25, -0.2) is 14.7 Å². The summed E-state index contributed by atoms with van der Waals surface area (Å²) in [6.07, 6.45) is 2.64. The van der Waals surface area contributed by atoms with E-state index in [1.165, 1.54) is 0 Å². The zero-order chi connectivity index (χ0) is 21.5. The molecule has 1 unspecified atom stereocenters. The zero-order valence-corrected chi connectivity index (χ0v) is 20.9. The molecule has 170 valence electrons. The van der Waals surface area contributed by atoms with Gasteiger partial charge in [0.05, 0.1) is 26.7 Å². The molecule has 2 heterocycles. The van der Waals surface area contributed by atoms with E-state index < -0.39 is 0 Å². The second-order valence-corrected chi connectivity index (χ2v) is 7.51. The number of likely N-dealkylation sites (N-methyl/N-ethyl adjacent to an activating group) is 1. The number of hydrogen-bond donors (Lipinski definition) is 2. The number of benzene rings is 1. The smallest absolute Gasteiger partial charge is 0.241 e. The van der Waals surface area contributed by atoms with Crippen molar-refractivity contribution >= 4 is 35.8 Å². The molecule has 2 aromatic rings. The Morgan fingerprint density at radius 2 is 2.06 bits per heavy atom. The maximum absolute atomic E-state index is 12.0. The van der Waals surface area contributed by atoms with Crippen molar-refractivity contribution in [3.05, 3.63) is 41.5 Å². The number of guanidine groups is 1. The van der Waals surface area contributed by atoms with Crippen LogP contribution in [0, 0.1) is 0 Å². The standard InChI is InChI=1S/C21H31N7O2.HI/c1-5-18-25-19-11-8-16(14-28(19)26-18)24-21(23-13-20(29)27(2)3)22-12-15-6-9-17(30-4)10-7-15;/h6-7,9-10,16H,5,8,11-14H2,1-4H3,(H2,22,23,24);1H. The number of aryl methyl sites for hydroxylation is 2. The number of carbonyl (C=O) groups is 1. The second kappa shape index (κ2) is 11.9. The van der Waals surface area contributed by atoms with E-state index in [-0.39, 0.29) is 42.5 Å². The van der Waals surface area contributed by atoms with Crippen LogP contribution in [0.15, 0.2) is 29.3 Å². The van der Waals surface area contributed by atoms with E-state index >= 15 is 0 Å². The molecule has 0 radical (unpaired) electrons. The summed E-state index contributed by atoms with van der Waals surface area (Å²) in [7, 11) is 5.13. The number of carbonyl (C=O) groups excluding carboxylic acids is 1. The molecule has 1 amide bonds. The molecule has 1 aromatic heterocycles. The van der Waals surface area contributed by atoms with Gasteiger partial charge in [-0.3, -0.25) is 4.79 Å². The number of methoxy groups -OCH3 is 1. The van der Waals surface area contributed by atoms with Crippen LogP contribution >= 0.6 is 24.0 Å². The van der Waals surface area contributed by atoms with Crippen LogP contribution in [0.5, 0.6) is 5.75 Å². The molecule has 0 saturated heterocycles. The Kier molecular flexibility index (Phi) is 9.53. The Labute approximate surface area is 200 Å². The van der Waals surface area contributed by atoms with Crippen LogP contribution < -0.4 is 15.4 Å². The number of nitrogens with zero attached hydrogens (tertiary/aromatic N) is 5. The van der Waals surface area contributed by atoms with E-state index in [1.54, 1.807) is 26.1 Å². The maximum Gasteiger partial charge on any atom is 0.241 e. The number of rotatable bonds is 7. The average Bonchev–Trinajstić information content (AvgIpc) is 3.18. The summed E-state index contributed by atoms with van der Waals surface area (Å²) >= 11 is 0. The molecule has 0 saturated carbocycles. The molecule has 1 aromatic carbocycles. The summed E-state index contributed by atoms with van der Waals surface area (Å²) in [5.41, 5.74) is 1.06. The molecule has 1 atom stereocenters. The zero-order valence-electron chi connectivity index (χ0n) is 18.6. The van der Waals surface area contributed by atoms with Gasteiger partial charge in [0.15, 0.2) is 11.8 Å². The summed E-state index contributed by atoms with van der Waals surface area (Å²) in [5, 5.41) is 11.2. The van der Waals surface area contributed by atoms with E-state index in [2.05, 4.69) is 32.6 Å². The van der Waals surface area contributed by atoms with Crippen molar-refractivity contribution in [1.82, 2.24) is 30.3 Å². The molecule has 31 heavy (non-hydrogen) atoms. The van der Waals surface area contributed by atoms with Crippen molar-refractivity contribution in [2.24, 2.45) is 4.99 Å². The highest BCUT2D eigenvalue weighted by atomic mass is 127. The summed E-state index contributed by atoms with van der Waals surface area (Å²) in [4.78, 5) is 22.8. The Balaban J connectivity index is 0.00000341. The van der Waals surface area contributed by atoms with Gasteiger partial charge in [0.2, 0.25) is 5.91 Å². The summed E-state index contributed by atoms with van der Waals surface area (Å²) in [6.45, 7) is 3.47. The summed E-state index contributed by atoms with van der Waals surface area (Å²) in [5.74, 6) is 3.34. The molecule has 9 nitrogen and oxygen atoms in total. The average molecular weight is 541 g/mol. The van der Waals surface area contributed by atoms with Crippen LogP contribution in [0.25, 0.3) is 0 Å². The largest absolute Gasteiger partial charge is 0.497 e. The molecular weight excluding hydrogens is 509 g/mol. The summed E-state index contributed by atoms with van der Waals surface area (Å²) in [6, 6.07) is 7.97. The van der Waals surface area contributed by atoms with E-state index in [9.17, 15) is 4.79 Å². The van der Waals surface area contributed by atoms with Gasteiger partial charge in [-0.2, -0.15) is 5.10 Å². The van der Waals surface area contributed by atoms with Gasteiger partial charge in [-0.05, 0) is 24.1 Å². The molecule has 0 fully saturated rings. The molecule has 3 rings (SSSR count). The van der Waals surface area contributed by atoms with Crippen molar-refractivity contribution in [3.8, 4) is 5.75 Å². The first-order chi connectivity index (χ1) is 14.5. The monoisotopic (exact) mass is 541 g/mol. The summed E-state index contributed by atoms with van der Waals surface area (Å²) < 4.78 is 7.18. The van der Waals surface area contributed by atoms with Crippen LogP contribution in [0.2, 0.25) is 0 Å². The predicted molar refractivity (Wildman–Crippen MR) is 131 cm³/mol. The van der Waals surface area contributed by atoms with Crippen molar-refractivity contribution < 1.29 is 9.53 Å². The lowest BCUT2D eigenvalue weighted by atomic mass is 10.1. The number of amides is 1. The van der Waals surface area contributed by atoms with Gasteiger partial charge >= 0.3 is 0 Å². The third-order valence-corrected chi connectivity index (χ3v) is 5.04. The van der Waals surface area contributed by atoms with Crippen LogP contribution in [0.1, 0.15) is 30.6 Å². The van der Waals surface area contributed by atoms with Crippen LogP contribution in [-0.4, -0.2) is 65.3 Å². The first kappa shape index (κ1) is 24.9. The number of ether oxygens (including phenoxy) is 1. The Hall–Kier alpha value is -2.37. The van der Waals surface area contributed by atoms with E-state index in [0.717, 1.165) is 48.8 Å². The third-order valence-electron chi connectivity index (χ3n) is 5.04. The lowest BCUT2D eigenvalue weighted by Gasteiger charge is -2.25. The molecule has 0 bridgehead atoms. The van der Waals surface area contributed by atoms with Gasteiger partial charge in [0.1, 0.15) is 11.6 Å². The molecule has 0 spiro atoms. The first-order valence-electron chi connectivity index (χ1n) is 10.3. The highest BCUT2D eigenvalue weighted by Gasteiger charge is 2.22. The first-order valence-corrected chi connectivity index (χ1v) is 10.3. The topological polar surface area (TPSA) is 96.7 Å². The van der Waals surface area contributed by atoms with Crippen molar-refractivity contribution in [2.45, 2.75) is 45.3 Å². The molecule has 10 heteroatoms. The molecule has 0 aliphatic carbocycles. The highest BCUT2D eigenvalue weighted by Crippen LogP contribution is 2.14. The number of halogens is 1. The highest BCUT2D eigenvalue weighted by molar-refractivity contribution is 14.0. The Bertz CT molecular complexity index is 880. The molecular formula is C21H32IN7O2. The number of aromatic nitrogens is 3. The molecule has 1 aliphatic heterocycles. The fourth-order valence-corrected chi connectivity index (χ4v) is 3.19. The van der Waals surface area contributed by atoms with E-state index in [0.29, 0.717) is 12.5 Å². The number of hydrogen-bond acceptors (Lipinski definition) is 5. The molecule has 2 N–H and O–H groups in total. The normalized spacial score (nSPS) is 15.5. The Morgan fingerprint density at radius 3 is 2.71 bits per heavy atom. The third kappa shape index (κ3) is 7.08. The maximum atomic E-state index is 12.0. The van der Waals surface area contributed by atoms with Gasteiger partial charge in [0.25, 0.3) is 0 Å². The van der Waals surface area contributed by atoms with E-state index in [1.807, 2.05) is 28.9 Å². The predicted octanol–water partition coefficient (Wildman–Crippen LogP) is 1.61. The lowest BCUT2D eigenvalue weighted by molar-refractivity contribution is -0.127. The van der Waals surface area contributed by atoms with Crippen molar-refractivity contribution in [2.75, 3.05) is 27.7 Å². The van der Waals surface area contributed by atoms with Gasteiger partial charge in [-0.1, -0.05) is 19.1 Å². The van der Waals surface area contributed by atoms with Gasteiger partial charge in [0, 0.05) is 33.0 Å². The van der Waals surface area contributed by atoms with Crippen LogP contribution in [0.3, 0.4) is 0 Å². The number of nitrogens with one attached hydrogen (secondary N) is 2. The fraction of sp³-hybridized carbons (Fsp3) is 0.524. The van der Waals surface area contributed by atoms with Gasteiger partial charge in [-0.15, -0.1) is 24.0 Å². The number of fused-ring (bicyclic) bond motifs is 1. The van der Waals surface area contributed by atoms with Crippen LogP contribution in [0.4, 0.5) is 0 Å². The van der Waals surface area contributed by atoms with Crippen molar-refractivity contribution in [1.29, 1.82) is 0 Å².